The van der Waals surface area contributed by atoms with Crippen molar-refractivity contribution in [3.63, 3.8) is 0 Å². The highest BCUT2D eigenvalue weighted by atomic mass is 15.2. The summed E-state index contributed by atoms with van der Waals surface area (Å²) < 4.78 is 4.61. The van der Waals surface area contributed by atoms with Crippen molar-refractivity contribution in [1.29, 1.82) is 0 Å². The Bertz CT molecular complexity index is 3950. The van der Waals surface area contributed by atoms with E-state index in [0.29, 0.717) is 17.6 Å². The van der Waals surface area contributed by atoms with Gasteiger partial charge in [0.1, 0.15) is 0 Å². The lowest BCUT2D eigenvalue weighted by molar-refractivity contribution is 0.953. The zero-order chi connectivity index (χ0) is 45.0. The summed E-state index contributed by atoms with van der Waals surface area (Å²) in [5.41, 5.74) is 15.6. The van der Waals surface area contributed by atoms with Crippen LogP contribution in [0, 0.1) is 0 Å². The molecule has 0 atom stereocenters. The molecule has 13 aromatic rings. The minimum atomic E-state index is 0.560. The van der Waals surface area contributed by atoms with E-state index >= 15 is 0 Å². The molecule has 4 heterocycles. The van der Waals surface area contributed by atoms with E-state index in [-0.39, 0.29) is 0 Å². The van der Waals surface area contributed by atoms with Gasteiger partial charge in [0.15, 0.2) is 11.6 Å². The van der Waals surface area contributed by atoms with Crippen LogP contribution in [-0.2, 0) is 0 Å². The first-order valence-electron chi connectivity index (χ1n) is 22.9. The highest BCUT2D eigenvalue weighted by Crippen LogP contribution is 2.41. The molecule has 6 nitrogen and oxygen atoms in total. The summed E-state index contributed by atoms with van der Waals surface area (Å²) in [6.45, 7) is 0. The Morgan fingerprint density at radius 2 is 0.691 bits per heavy atom. The number of aromatic nitrogens is 6. The van der Waals surface area contributed by atoms with Gasteiger partial charge in [-0.3, -0.25) is 4.57 Å². The Hall–Kier alpha value is -9.26. The lowest BCUT2D eigenvalue weighted by atomic mass is 9.97. The van der Waals surface area contributed by atoms with Crippen molar-refractivity contribution in [2.75, 3.05) is 0 Å². The predicted molar refractivity (Wildman–Crippen MR) is 279 cm³/mol. The summed E-state index contributed by atoms with van der Waals surface area (Å²) >= 11 is 0. The van der Waals surface area contributed by atoms with Crippen LogP contribution < -0.4 is 0 Å². The SMILES string of the molecule is c1ccc(-c2cccc(-c3cc(-c4cccc(-n5c6ccccc6c6cc7c8ccccc8n(-c8nc(-c9ccccc9)nc(-c9ccccc9)n8)c7cc65)c4)cc(-c4ccccc4)n3)c2)cc1. The van der Waals surface area contributed by atoms with Crippen molar-refractivity contribution in [2.24, 2.45) is 0 Å². The van der Waals surface area contributed by atoms with Crippen LogP contribution >= 0.6 is 0 Å². The van der Waals surface area contributed by atoms with Crippen LogP contribution in [0.3, 0.4) is 0 Å². The fourth-order valence-corrected chi connectivity index (χ4v) is 9.74. The summed E-state index contributed by atoms with van der Waals surface area (Å²) in [5, 5.41) is 4.60. The molecule has 6 heteroatoms. The number of hydrogen-bond acceptors (Lipinski definition) is 4. The largest absolute Gasteiger partial charge is 0.309 e. The molecule has 0 aliphatic heterocycles. The number of benzene rings is 9. The monoisotopic (exact) mass is 868 g/mol. The Labute approximate surface area is 392 Å². The molecule has 0 saturated carbocycles. The summed E-state index contributed by atoms with van der Waals surface area (Å²) in [4.78, 5) is 20.8. The fourth-order valence-electron chi connectivity index (χ4n) is 9.74. The number of fused-ring (bicyclic) bond motifs is 6. The molecule has 0 bridgehead atoms. The van der Waals surface area contributed by atoms with Gasteiger partial charge in [-0.25, -0.2) is 9.97 Å². The molecule has 0 aliphatic carbocycles. The minimum absolute atomic E-state index is 0.560. The van der Waals surface area contributed by atoms with E-state index in [9.17, 15) is 0 Å². The van der Waals surface area contributed by atoms with E-state index in [1.54, 1.807) is 0 Å². The van der Waals surface area contributed by atoms with E-state index < -0.39 is 0 Å². The number of para-hydroxylation sites is 2. The molecule has 68 heavy (non-hydrogen) atoms. The average molecular weight is 869 g/mol. The third-order valence-corrected chi connectivity index (χ3v) is 13.0. The first kappa shape index (κ1) is 39.1. The maximum atomic E-state index is 5.29. The van der Waals surface area contributed by atoms with E-state index in [4.69, 9.17) is 19.9 Å². The molecular formula is C62H40N6. The third kappa shape index (κ3) is 6.82. The minimum Gasteiger partial charge on any atom is -0.309 e. The maximum Gasteiger partial charge on any atom is 0.238 e. The first-order valence-corrected chi connectivity index (χ1v) is 22.9. The Kier molecular flexibility index (Phi) is 9.39. The van der Waals surface area contributed by atoms with E-state index in [1.807, 2.05) is 42.5 Å². The van der Waals surface area contributed by atoms with Gasteiger partial charge in [-0.15, -0.1) is 0 Å². The Morgan fingerprint density at radius 3 is 1.31 bits per heavy atom. The van der Waals surface area contributed by atoms with E-state index in [1.165, 1.54) is 16.3 Å². The van der Waals surface area contributed by atoms with Gasteiger partial charge in [-0.2, -0.15) is 9.97 Å². The molecule has 0 fully saturated rings. The lowest BCUT2D eigenvalue weighted by Crippen LogP contribution is -2.06. The molecule has 0 aliphatic rings. The van der Waals surface area contributed by atoms with Crippen molar-refractivity contribution in [3.05, 3.63) is 243 Å². The van der Waals surface area contributed by atoms with E-state index in [2.05, 4.69) is 209 Å². The van der Waals surface area contributed by atoms with Gasteiger partial charge >= 0.3 is 0 Å². The number of nitrogens with zero attached hydrogens (tertiary/aromatic N) is 6. The molecule has 318 valence electrons. The van der Waals surface area contributed by atoms with E-state index in [0.717, 1.165) is 88.9 Å². The van der Waals surface area contributed by atoms with Crippen molar-refractivity contribution < 1.29 is 0 Å². The summed E-state index contributed by atoms with van der Waals surface area (Å²) in [6, 6.07) is 85.3. The van der Waals surface area contributed by atoms with Crippen LogP contribution in [0.15, 0.2) is 243 Å². The van der Waals surface area contributed by atoms with Gasteiger partial charge in [0.05, 0.1) is 33.5 Å². The van der Waals surface area contributed by atoms with Gasteiger partial charge in [-0.05, 0) is 76.9 Å². The smallest absolute Gasteiger partial charge is 0.238 e. The molecule has 0 amide bonds. The van der Waals surface area contributed by atoms with Crippen LogP contribution in [0.1, 0.15) is 0 Å². The van der Waals surface area contributed by atoms with Crippen LogP contribution in [0.2, 0.25) is 0 Å². The van der Waals surface area contributed by atoms with Crippen LogP contribution in [-0.4, -0.2) is 29.1 Å². The molecule has 0 unspecified atom stereocenters. The van der Waals surface area contributed by atoms with Crippen LogP contribution in [0.4, 0.5) is 0 Å². The Balaban J connectivity index is 1.02. The molecule has 13 rings (SSSR count). The zero-order valence-electron chi connectivity index (χ0n) is 36.8. The molecule has 0 N–H and O–H groups in total. The number of hydrogen-bond donors (Lipinski definition) is 0. The molecule has 0 saturated heterocycles. The van der Waals surface area contributed by atoms with Gasteiger partial charge < -0.3 is 4.57 Å². The van der Waals surface area contributed by atoms with Crippen molar-refractivity contribution >= 4 is 43.6 Å². The zero-order valence-corrected chi connectivity index (χ0v) is 36.8. The Morgan fingerprint density at radius 1 is 0.235 bits per heavy atom. The van der Waals surface area contributed by atoms with Gasteiger partial charge in [0.25, 0.3) is 0 Å². The van der Waals surface area contributed by atoms with Crippen molar-refractivity contribution in [1.82, 2.24) is 29.1 Å². The molecule has 9 aromatic carbocycles. The maximum absolute atomic E-state index is 5.29. The number of pyridine rings is 1. The summed E-state index contributed by atoms with van der Waals surface area (Å²) in [5.74, 6) is 1.79. The van der Waals surface area contributed by atoms with Gasteiger partial charge in [-0.1, -0.05) is 188 Å². The second-order valence-electron chi connectivity index (χ2n) is 17.1. The third-order valence-electron chi connectivity index (χ3n) is 13.0. The highest BCUT2D eigenvalue weighted by Gasteiger charge is 2.22. The fraction of sp³-hybridized carbons (Fsp3) is 0. The normalized spacial score (nSPS) is 11.5. The quantitative estimate of drug-likeness (QED) is 0.153. The topological polar surface area (TPSA) is 61.4 Å². The highest BCUT2D eigenvalue weighted by molar-refractivity contribution is 6.19. The number of rotatable bonds is 8. The molecular weight excluding hydrogens is 829 g/mol. The molecule has 0 radical (unpaired) electrons. The molecule has 0 spiro atoms. The lowest BCUT2D eigenvalue weighted by Gasteiger charge is -2.14. The molecule has 4 aromatic heterocycles. The van der Waals surface area contributed by atoms with Crippen molar-refractivity contribution in [3.8, 4) is 79.2 Å². The second-order valence-corrected chi connectivity index (χ2v) is 17.1. The van der Waals surface area contributed by atoms with Gasteiger partial charge in [0.2, 0.25) is 5.95 Å². The van der Waals surface area contributed by atoms with Gasteiger partial charge in [0, 0.05) is 49.5 Å². The average Bonchev–Trinajstić information content (AvgIpc) is 3.93. The first-order chi connectivity index (χ1) is 33.7. The second kappa shape index (κ2) is 16.3. The summed E-state index contributed by atoms with van der Waals surface area (Å²) in [6.07, 6.45) is 0. The standard InChI is InChI=1S/C62H40N6/c1-5-19-41(20-6-1)45-27-17-29-47(35-45)55-38-48(37-54(63-55)42-21-7-2-8-22-42)46-28-18-30-49(36-46)67-56-33-15-13-31-50(56)52-39-53-51-32-14-16-34-57(51)68(59(53)40-58(52)67)62-65-60(43-23-9-3-10-24-43)64-61(66-62)44-25-11-4-12-26-44/h1-40H. The van der Waals surface area contributed by atoms with Crippen molar-refractivity contribution in [2.45, 2.75) is 0 Å². The predicted octanol–water partition coefficient (Wildman–Crippen LogP) is 15.5. The summed E-state index contributed by atoms with van der Waals surface area (Å²) in [7, 11) is 0. The van der Waals surface area contributed by atoms with Crippen LogP contribution in [0.25, 0.3) is 123 Å². The van der Waals surface area contributed by atoms with Crippen LogP contribution in [0.5, 0.6) is 0 Å².